The average Bonchev–Trinajstić information content (AvgIpc) is 2.08. The second kappa shape index (κ2) is 3.83. The number of anilines is 1. The number of nitrogens with zero attached hydrogens (tertiary/aromatic N) is 3. The van der Waals surface area contributed by atoms with Gasteiger partial charge < -0.3 is 10.6 Å². The summed E-state index contributed by atoms with van der Waals surface area (Å²) in [4.78, 5) is 20.4. The third-order valence-corrected chi connectivity index (χ3v) is 2.77. The van der Waals surface area contributed by atoms with E-state index in [0.717, 1.165) is 0 Å². The van der Waals surface area contributed by atoms with E-state index in [4.69, 9.17) is 28.9 Å². The first-order valence-electron chi connectivity index (χ1n) is 4.33. The molecule has 1 saturated heterocycles. The highest BCUT2D eigenvalue weighted by Gasteiger charge is 2.34. The van der Waals surface area contributed by atoms with Crippen molar-refractivity contribution < 1.29 is 4.79 Å². The molecule has 2 rings (SSSR count). The Labute approximate surface area is 96.2 Å². The molecular formula is C8H8Cl2N4O. The fraction of sp³-hybridized carbons (Fsp3) is 0.375. The van der Waals surface area contributed by atoms with Gasteiger partial charge in [-0.1, -0.05) is 11.6 Å². The van der Waals surface area contributed by atoms with Crippen LogP contribution in [0.15, 0.2) is 6.20 Å². The molecule has 2 heterocycles. The number of aromatic nitrogens is 2. The monoisotopic (exact) mass is 246 g/mol. The number of amides is 1. The molecule has 0 saturated carbocycles. The summed E-state index contributed by atoms with van der Waals surface area (Å²) >= 11 is 11.5. The second-order valence-corrected chi connectivity index (χ2v) is 3.96. The lowest BCUT2D eigenvalue weighted by Crippen LogP contribution is -2.55. The molecule has 0 radical (unpaired) electrons. The van der Waals surface area contributed by atoms with Crippen molar-refractivity contribution in [2.75, 3.05) is 11.4 Å². The number of rotatable bonds is 2. The highest BCUT2D eigenvalue weighted by molar-refractivity contribution is 6.33. The minimum atomic E-state index is -0.382. The molecule has 0 spiro atoms. The van der Waals surface area contributed by atoms with Gasteiger partial charge in [0.25, 0.3) is 0 Å². The maximum absolute atomic E-state index is 11.0. The van der Waals surface area contributed by atoms with E-state index >= 15 is 0 Å². The summed E-state index contributed by atoms with van der Waals surface area (Å²) in [7, 11) is 0. The summed E-state index contributed by atoms with van der Waals surface area (Å²) in [5.74, 6) is 0.0822. The van der Waals surface area contributed by atoms with E-state index in [1.807, 2.05) is 0 Å². The molecule has 5 nitrogen and oxygen atoms in total. The van der Waals surface area contributed by atoms with Crippen LogP contribution in [0.1, 0.15) is 6.42 Å². The molecular weight excluding hydrogens is 239 g/mol. The summed E-state index contributed by atoms with van der Waals surface area (Å²) in [6.45, 7) is 0.695. The van der Waals surface area contributed by atoms with Crippen LogP contribution in [0.25, 0.3) is 0 Å². The Bertz CT molecular complexity index is 412. The number of nitrogens with two attached hydrogens (primary N) is 1. The number of hydrogen-bond donors (Lipinski definition) is 1. The zero-order chi connectivity index (χ0) is 11.0. The third-order valence-electron chi connectivity index (χ3n) is 2.32. The maximum atomic E-state index is 11.0. The largest absolute Gasteiger partial charge is 0.368 e. The van der Waals surface area contributed by atoms with Crippen LogP contribution in [-0.4, -0.2) is 28.5 Å². The van der Waals surface area contributed by atoms with Gasteiger partial charge >= 0.3 is 0 Å². The first-order valence-corrected chi connectivity index (χ1v) is 5.09. The Hall–Kier alpha value is -1.07. The lowest BCUT2D eigenvalue weighted by Gasteiger charge is -2.39. The van der Waals surface area contributed by atoms with Crippen LogP contribution in [0.3, 0.4) is 0 Å². The Morgan fingerprint density at radius 3 is 2.87 bits per heavy atom. The normalized spacial score (nSPS) is 19.9. The van der Waals surface area contributed by atoms with Crippen LogP contribution in [0.2, 0.25) is 10.3 Å². The lowest BCUT2D eigenvalue weighted by atomic mass is 10.0. The van der Waals surface area contributed by atoms with Gasteiger partial charge in [0.2, 0.25) is 11.2 Å². The van der Waals surface area contributed by atoms with Crippen LogP contribution in [0.4, 0.5) is 5.82 Å². The highest BCUT2D eigenvalue weighted by atomic mass is 35.5. The molecule has 1 amide bonds. The zero-order valence-electron chi connectivity index (χ0n) is 7.65. The number of primary amides is 1. The van der Waals surface area contributed by atoms with Crippen LogP contribution >= 0.6 is 23.2 Å². The molecule has 80 valence electrons. The average molecular weight is 247 g/mol. The molecule has 0 aromatic carbocycles. The SMILES string of the molecule is NC(=O)C1CCN1c1nc(Cl)ncc1Cl. The molecule has 2 N–H and O–H groups in total. The first kappa shape index (κ1) is 10.4. The van der Waals surface area contributed by atoms with Crippen molar-refractivity contribution in [3.63, 3.8) is 0 Å². The van der Waals surface area contributed by atoms with Gasteiger partial charge in [-0.2, -0.15) is 4.98 Å². The molecule has 1 unspecified atom stereocenters. The number of halogens is 2. The van der Waals surface area contributed by atoms with Crippen LogP contribution in [0.5, 0.6) is 0 Å². The van der Waals surface area contributed by atoms with Crippen molar-refractivity contribution in [1.29, 1.82) is 0 Å². The molecule has 0 aliphatic carbocycles. The van der Waals surface area contributed by atoms with E-state index in [1.54, 1.807) is 4.90 Å². The molecule has 1 atom stereocenters. The van der Waals surface area contributed by atoms with Crippen LogP contribution in [-0.2, 0) is 4.79 Å². The summed E-state index contributed by atoms with van der Waals surface area (Å²) < 4.78 is 0. The van der Waals surface area contributed by atoms with E-state index in [2.05, 4.69) is 9.97 Å². The number of carbonyl (C=O) groups is 1. The molecule has 1 aromatic heterocycles. The highest BCUT2D eigenvalue weighted by Crippen LogP contribution is 2.30. The van der Waals surface area contributed by atoms with E-state index in [9.17, 15) is 4.79 Å². The fourth-order valence-electron chi connectivity index (χ4n) is 1.48. The van der Waals surface area contributed by atoms with Gasteiger partial charge in [0.15, 0.2) is 5.82 Å². The van der Waals surface area contributed by atoms with Crippen molar-refractivity contribution in [2.45, 2.75) is 12.5 Å². The Morgan fingerprint density at radius 1 is 1.60 bits per heavy atom. The van der Waals surface area contributed by atoms with Crippen molar-refractivity contribution in [3.8, 4) is 0 Å². The minimum Gasteiger partial charge on any atom is -0.368 e. The predicted molar refractivity (Wildman–Crippen MR) is 57.0 cm³/mol. The molecule has 7 heteroatoms. The standard InChI is InChI=1S/C8H8Cl2N4O/c9-4-3-12-8(10)13-7(4)14-2-1-5(14)6(11)15/h3,5H,1-2H2,(H2,11,15). The Morgan fingerprint density at radius 2 is 2.33 bits per heavy atom. The maximum Gasteiger partial charge on any atom is 0.240 e. The number of hydrogen-bond acceptors (Lipinski definition) is 4. The lowest BCUT2D eigenvalue weighted by molar-refractivity contribution is -0.120. The molecule has 1 aliphatic heterocycles. The van der Waals surface area contributed by atoms with Gasteiger partial charge in [0.05, 0.1) is 6.20 Å². The predicted octanol–water partition coefficient (Wildman–Crippen LogP) is 0.847. The van der Waals surface area contributed by atoms with Gasteiger partial charge in [-0.15, -0.1) is 0 Å². The second-order valence-electron chi connectivity index (χ2n) is 3.21. The topological polar surface area (TPSA) is 72.1 Å². The summed E-state index contributed by atoms with van der Waals surface area (Å²) in [5, 5.41) is 0.467. The van der Waals surface area contributed by atoms with Crippen LogP contribution in [0, 0.1) is 0 Å². The smallest absolute Gasteiger partial charge is 0.240 e. The summed E-state index contributed by atoms with van der Waals surface area (Å²) in [5.41, 5.74) is 5.21. The zero-order valence-corrected chi connectivity index (χ0v) is 9.16. The van der Waals surface area contributed by atoms with E-state index in [0.29, 0.717) is 23.8 Å². The van der Waals surface area contributed by atoms with Gasteiger partial charge in [-0.3, -0.25) is 4.79 Å². The van der Waals surface area contributed by atoms with E-state index < -0.39 is 0 Å². The third kappa shape index (κ3) is 1.85. The fourth-order valence-corrected chi connectivity index (χ4v) is 1.80. The van der Waals surface area contributed by atoms with Gasteiger partial charge in [-0.25, -0.2) is 4.98 Å². The Balaban J connectivity index is 2.30. The van der Waals surface area contributed by atoms with Crippen molar-refractivity contribution in [1.82, 2.24) is 9.97 Å². The summed E-state index contributed by atoms with van der Waals surface area (Å²) in [6, 6.07) is -0.339. The molecule has 1 fully saturated rings. The van der Waals surface area contributed by atoms with Gasteiger partial charge in [0, 0.05) is 6.54 Å². The minimum absolute atomic E-state index is 0.101. The molecule has 1 aromatic rings. The molecule has 1 aliphatic rings. The first-order chi connectivity index (χ1) is 7.09. The molecule has 15 heavy (non-hydrogen) atoms. The van der Waals surface area contributed by atoms with E-state index in [-0.39, 0.29) is 17.2 Å². The van der Waals surface area contributed by atoms with Crippen molar-refractivity contribution >= 4 is 34.9 Å². The summed E-state index contributed by atoms with van der Waals surface area (Å²) in [6.07, 6.45) is 2.12. The van der Waals surface area contributed by atoms with E-state index in [1.165, 1.54) is 6.20 Å². The number of carbonyl (C=O) groups excluding carboxylic acids is 1. The van der Waals surface area contributed by atoms with Crippen molar-refractivity contribution in [2.24, 2.45) is 5.73 Å². The molecule has 0 bridgehead atoms. The Kier molecular flexibility index (Phi) is 2.67. The quantitative estimate of drug-likeness (QED) is 0.786. The van der Waals surface area contributed by atoms with Crippen LogP contribution < -0.4 is 10.6 Å². The van der Waals surface area contributed by atoms with Gasteiger partial charge in [0.1, 0.15) is 11.1 Å². The van der Waals surface area contributed by atoms with Crippen molar-refractivity contribution in [3.05, 3.63) is 16.5 Å². The van der Waals surface area contributed by atoms with Gasteiger partial charge in [-0.05, 0) is 18.0 Å².